The number of piperidine rings is 1. The van der Waals surface area contributed by atoms with Gasteiger partial charge < -0.3 is 19.4 Å². The van der Waals surface area contributed by atoms with Crippen LogP contribution in [0.3, 0.4) is 0 Å². The largest absolute Gasteiger partial charge is 0.459 e. The second kappa shape index (κ2) is 6.74. The molecule has 2 aliphatic rings. The fourth-order valence-corrected chi connectivity index (χ4v) is 4.09. The Morgan fingerprint density at radius 2 is 2.39 bits per heavy atom. The van der Waals surface area contributed by atoms with Crippen molar-refractivity contribution in [3.63, 3.8) is 0 Å². The van der Waals surface area contributed by atoms with Gasteiger partial charge in [-0.25, -0.2) is 0 Å². The monoisotopic (exact) mass is 320 g/mol. The Morgan fingerprint density at radius 1 is 1.52 bits per heavy atom. The van der Waals surface area contributed by atoms with E-state index in [1.54, 1.807) is 19.2 Å². The van der Waals surface area contributed by atoms with Crippen LogP contribution in [0.4, 0.5) is 0 Å². The number of carbonyl (C=O) groups excluding carboxylic acids is 2. The molecule has 0 bridgehead atoms. The molecule has 1 aliphatic heterocycles. The van der Waals surface area contributed by atoms with Crippen molar-refractivity contribution in [1.29, 1.82) is 0 Å². The highest BCUT2D eigenvalue weighted by Crippen LogP contribution is 2.47. The topological polar surface area (TPSA) is 71.8 Å². The fourth-order valence-electron chi connectivity index (χ4n) is 4.09. The molecule has 0 unspecified atom stereocenters. The van der Waals surface area contributed by atoms with Gasteiger partial charge in [-0.05, 0) is 31.4 Å². The lowest BCUT2D eigenvalue weighted by atomic mass is 9.74. The summed E-state index contributed by atoms with van der Waals surface area (Å²) in [5.74, 6) is 0.358. The van der Waals surface area contributed by atoms with E-state index in [4.69, 9.17) is 9.15 Å². The van der Waals surface area contributed by atoms with Gasteiger partial charge in [-0.1, -0.05) is 6.42 Å². The molecule has 6 nitrogen and oxygen atoms in total. The van der Waals surface area contributed by atoms with Crippen LogP contribution in [0.1, 0.15) is 42.7 Å². The van der Waals surface area contributed by atoms with E-state index >= 15 is 0 Å². The Morgan fingerprint density at radius 3 is 3.13 bits per heavy atom. The zero-order chi connectivity index (χ0) is 16.3. The number of rotatable bonds is 6. The molecule has 2 heterocycles. The first-order valence-corrected chi connectivity index (χ1v) is 8.26. The van der Waals surface area contributed by atoms with Crippen LogP contribution >= 0.6 is 0 Å². The third-order valence-corrected chi connectivity index (χ3v) is 5.27. The second-order valence-corrected chi connectivity index (χ2v) is 6.51. The van der Waals surface area contributed by atoms with Gasteiger partial charge in [0, 0.05) is 38.1 Å². The molecular formula is C17H24N2O4. The summed E-state index contributed by atoms with van der Waals surface area (Å²) in [5.41, 5.74) is -0.0100. The molecule has 1 N–H and O–H groups in total. The number of carbonyl (C=O) groups is 2. The van der Waals surface area contributed by atoms with Crippen molar-refractivity contribution >= 4 is 11.8 Å². The van der Waals surface area contributed by atoms with E-state index in [0.29, 0.717) is 31.9 Å². The van der Waals surface area contributed by atoms with Crippen molar-refractivity contribution in [2.24, 2.45) is 5.41 Å². The van der Waals surface area contributed by atoms with Gasteiger partial charge in [0.2, 0.25) is 5.91 Å². The van der Waals surface area contributed by atoms with Crippen molar-refractivity contribution in [2.45, 2.75) is 38.1 Å². The molecule has 1 aliphatic carbocycles. The Hall–Kier alpha value is -1.82. The lowest BCUT2D eigenvalue weighted by Crippen LogP contribution is -2.56. The first-order valence-electron chi connectivity index (χ1n) is 8.26. The van der Waals surface area contributed by atoms with Crippen LogP contribution in [-0.2, 0) is 9.53 Å². The predicted molar refractivity (Wildman–Crippen MR) is 83.9 cm³/mol. The minimum Gasteiger partial charge on any atom is -0.459 e. The first kappa shape index (κ1) is 16.1. The summed E-state index contributed by atoms with van der Waals surface area (Å²) < 4.78 is 10.3. The van der Waals surface area contributed by atoms with Gasteiger partial charge in [-0.2, -0.15) is 0 Å². The maximum absolute atomic E-state index is 12.3. The second-order valence-electron chi connectivity index (χ2n) is 6.51. The Kier molecular flexibility index (Phi) is 4.71. The van der Waals surface area contributed by atoms with Gasteiger partial charge in [0.05, 0.1) is 12.9 Å². The number of hydrogen-bond acceptors (Lipinski definition) is 4. The van der Waals surface area contributed by atoms with E-state index in [0.717, 1.165) is 25.7 Å². The molecule has 3 rings (SSSR count). The number of ether oxygens (including phenoxy) is 1. The molecule has 1 aromatic rings. The Labute approximate surface area is 136 Å². The summed E-state index contributed by atoms with van der Waals surface area (Å²) in [6.45, 7) is 1.78. The molecule has 1 saturated carbocycles. The molecule has 0 aromatic carbocycles. The number of nitrogens with one attached hydrogen (secondary N) is 1. The highest BCUT2D eigenvalue weighted by atomic mass is 16.5. The van der Waals surface area contributed by atoms with Crippen molar-refractivity contribution in [3.05, 3.63) is 24.2 Å². The third kappa shape index (κ3) is 3.13. The zero-order valence-corrected chi connectivity index (χ0v) is 13.5. The number of amides is 2. The van der Waals surface area contributed by atoms with E-state index in [1.165, 1.54) is 6.26 Å². The fraction of sp³-hybridized carbons (Fsp3) is 0.647. The summed E-state index contributed by atoms with van der Waals surface area (Å²) in [6, 6.07) is 3.57. The van der Waals surface area contributed by atoms with Crippen molar-refractivity contribution < 1.29 is 18.7 Å². The lowest BCUT2D eigenvalue weighted by Gasteiger charge is -2.46. The summed E-state index contributed by atoms with van der Waals surface area (Å²) in [7, 11) is 1.65. The van der Waals surface area contributed by atoms with Crippen molar-refractivity contribution in [2.75, 3.05) is 26.8 Å². The van der Waals surface area contributed by atoms with Gasteiger partial charge in [0.15, 0.2) is 5.76 Å². The highest BCUT2D eigenvalue weighted by molar-refractivity contribution is 5.91. The third-order valence-electron chi connectivity index (χ3n) is 5.27. The molecule has 0 radical (unpaired) electrons. The number of fused-ring (bicyclic) bond motifs is 1. The van der Waals surface area contributed by atoms with E-state index in [9.17, 15) is 9.59 Å². The summed E-state index contributed by atoms with van der Waals surface area (Å²) >= 11 is 0. The summed E-state index contributed by atoms with van der Waals surface area (Å²) in [4.78, 5) is 26.4. The van der Waals surface area contributed by atoms with E-state index in [-0.39, 0.29) is 23.3 Å². The first-order chi connectivity index (χ1) is 11.2. The number of nitrogens with zero attached hydrogens (tertiary/aromatic N) is 1. The summed E-state index contributed by atoms with van der Waals surface area (Å²) in [5, 5.41) is 3.01. The number of methoxy groups -OCH3 is 1. The molecule has 23 heavy (non-hydrogen) atoms. The predicted octanol–water partition coefficient (Wildman–Crippen LogP) is 1.82. The quantitative estimate of drug-likeness (QED) is 0.868. The van der Waals surface area contributed by atoms with Crippen LogP contribution in [0, 0.1) is 5.41 Å². The summed E-state index contributed by atoms with van der Waals surface area (Å²) in [6.07, 6.45) is 6.05. The van der Waals surface area contributed by atoms with Gasteiger partial charge >= 0.3 is 0 Å². The molecule has 2 fully saturated rings. The van der Waals surface area contributed by atoms with Gasteiger partial charge in [0.1, 0.15) is 0 Å². The van der Waals surface area contributed by atoms with Gasteiger partial charge in [-0.15, -0.1) is 0 Å². The molecule has 6 heteroatoms. The zero-order valence-electron chi connectivity index (χ0n) is 13.5. The van der Waals surface area contributed by atoms with Crippen LogP contribution in [0.25, 0.3) is 0 Å². The number of furan rings is 1. The van der Waals surface area contributed by atoms with Gasteiger partial charge in [-0.3, -0.25) is 9.59 Å². The van der Waals surface area contributed by atoms with Crippen LogP contribution in [0.15, 0.2) is 22.8 Å². The Bertz CT molecular complexity index is 557. The van der Waals surface area contributed by atoms with Crippen LogP contribution in [-0.4, -0.2) is 49.6 Å². The normalized spacial score (nSPS) is 27.1. The molecule has 2 amide bonds. The highest BCUT2D eigenvalue weighted by Gasteiger charge is 2.50. The van der Waals surface area contributed by atoms with Gasteiger partial charge in [0.25, 0.3) is 5.91 Å². The number of hydrogen-bond donors (Lipinski definition) is 1. The van der Waals surface area contributed by atoms with Crippen molar-refractivity contribution in [1.82, 2.24) is 10.2 Å². The average molecular weight is 320 g/mol. The molecule has 1 aromatic heterocycles. The molecule has 2 atom stereocenters. The molecule has 126 valence electrons. The number of likely N-dealkylation sites (tertiary alicyclic amines) is 1. The minimum atomic E-state index is -0.185. The van der Waals surface area contributed by atoms with E-state index < -0.39 is 0 Å². The SMILES string of the molecule is COCCN1C(=O)CC[C@]2(CNC(=O)c3ccco3)CCC[C@@H]12. The lowest BCUT2D eigenvalue weighted by molar-refractivity contribution is -0.142. The Balaban J connectivity index is 1.68. The van der Waals surface area contributed by atoms with Crippen LogP contribution < -0.4 is 5.32 Å². The molecule has 0 spiro atoms. The standard InChI is InChI=1S/C17H24N2O4/c1-22-11-9-19-14-5-2-7-17(14,8-6-15(19)20)12-18-16(21)13-4-3-10-23-13/h3-4,10,14H,2,5-9,11-12H2,1H3,(H,18,21)/t14-,17+/m1/s1. The van der Waals surface area contributed by atoms with E-state index in [1.807, 2.05) is 4.90 Å². The van der Waals surface area contributed by atoms with Crippen molar-refractivity contribution in [3.8, 4) is 0 Å². The average Bonchev–Trinajstić information content (AvgIpc) is 3.22. The molecular weight excluding hydrogens is 296 g/mol. The van der Waals surface area contributed by atoms with Crippen LogP contribution in [0.2, 0.25) is 0 Å². The molecule has 1 saturated heterocycles. The maximum atomic E-state index is 12.3. The smallest absolute Gasteiger partial charge is 0.286 e. The van der Waals surface area contributed by atoms with E-state index in [2.05, 4.69) is 5.32 Å². The van der Waals surface area contributed by atoms with Crippen LogP contribution in [0.5, 0.6) is 0 Å². The maximum Gasteiger partial charge on any atom is 0.286 e. The minimum absolute atomic E-state index is 0.0100.